The van der Waals surface area contributed by atoms with Gasteiger partial charge in [0, 0.05) is 37.1 Å². The van der Waals surface area contributed by atoms with Crippen molar-refractivity contribution in [2.75, 3.05) is 18.0 Å². The number of anilines is 1. The Morgan fingerprint density at radius 1 is 1.27 bits per heavy atom. The van der Waals surface area contributed by atoms with Gasteiger partial charge in [-0.2, -0.15) is 13.2 Å². The molecule has 116 valence electrons. The third-order valence-corrected chi connectivity index (χ3v) is 3.67. The van der Waals surface area contributed by atoms with Crippen molar-refractivity contribution in [3.05, 3.63) is 36.3 Å². The van der Waals surface area contributed by atoms with E-state index in [1.54, 1.807) is 18.3 Å². The fraction of sp³-hybridized carbons (Fsp3) is 0.400. The summed E-state index contributed by atoms with van der Waals surface area (Å²) in [6.45, 7) is 3.50. The van der Waals surface area contributed by atoms with Gasteiger partial charge in [0.1, 0.15) is 5.82 Å². The average molecular weight is 308 g/mol. The van der Waals surface area contributed by atoms with Crippen molar-refractivity contribution in [2.24, 2.45) is 5.92 Å². The van der Waals surface area contributed by atoms with Crippen LogP contribution in [0.5, 0.6) is 0 Å². The highest BCUT2D eigenvalue weighted by Gasteiger charge is 2.35. The molecule has 3 heterocycles. The number of rotatable bonds is 2. The number of hydrogen-bond donors (Lipinski definition) is 0. The monoisotopic (exact) mass is 308 g/mol. The zero-order chi connectivity index (χ0) is 15.7. The SMILES string of the molecule is CC1CCN(c2cc(C(F)(F)F)nc(-c3cccnc3)n2)C1. The molecular weight excluding hydrogens is 293 g/mol. The summed E-state index contributed by atoms with van der Waals surface area (Å²) in [6.07, 6.45) is -0.528. The van der Waals surface area contributed by atoms with E-state index in [1.807, 2.05) is 4.90 Å². The molecule has 0 saturated carbocycles. The van der Waals surface area contributed by atoms with E-state index in [1.165, 1.54) is 6.20 Å². The van der Waals surface area contributed by atoms with Crippen LogP contribution in [0.15, 0.2) is 30.6 Å². The van der Waals surface area contributed by atoms with Gasteiger partial charge in [0.15, 0.2) is 11.5 Å². The topological polar surface area (TPSA) is 41.9 Å². The van der Waals surface area contributed by atoms with Crippen LogP contribution in [0.3, 0.4) is 0 Å². The van der Waals surface area contributed by atoms with Crippen LogP contribution in [0.4, 0.5) is 19.0 Å². The third-order valence-electron chi connectivity index (χ3n) is 3.67. The van der Waals surface area contributed by atoms with Gasteiger partial charge in [0.25, 0.3) is 0 Å². The lowest BCUT2D eigenvalue weighted by Crippen LogP contribution is -2.22. The lowest BCUT2D eigenvalue weighted by atomic mass is 10.2. The molecule has 0 aliphatic carbocycles. The zero-order valence-electron chi connectivity index (χ0n) is 12.0. The van der Waals surface area contributed by atoms with Gasteiger partial charge in [0.2, 0.25) is 0 Å². The summed E-state index contributed by atoms with van der Waals surface area (Å²) in [6, 6.07) is 4.33. The molecule has 1 aliphatic rings. The van der Waals surface area contributed by atoms with Crippen LogP contribution in [0, 0.1) is 5.92 Å². The Labute approximate surface area is 126 Å². The number of halogens is 3. The molecule has 7 heteroatoms. The van der Waals surface area contributed by atoms with Gasteiger partial charge >= 0.3 is 6.18 Å². The minimum atomic E-state index is -4.50. The molecule has 4 nitrogen and oxygen atoms in total. The molecule has 0 spiro atoms. The Balaban J connectivity index is 2.06. The van der Waals surface area contributed by atoms with Crippen LogP contribution in [-0.2, 0) is 6.18 Å². The predicted octanol–water partition coefficient (Wildman–Crippen LogP) is 3.40. The van der Waals surface area contributed by atoms with Crippen molar-refractivity contribution in [3.8, 4) is 11.4 Å². The highest BCUT2D eigenvalue weighted by Crippen LogP contribution is 2.32. The Kier molecular flexibility index (Phi) is 3.72. The van der Waals surface area contributed by atoms with E-state index in [2.05, 4.69) is 21.9 Å². The van der Waals surface area contributed by atoms with Crippen LogP contribution >= 0.6 is 0 Å². The maximum atomic E-state index is 13.1. The highest BCUT2D eigenvalue weighted by atomic mass is 19.4. The fourth-order valence-corrected chi connectivity index (χ4v) is 2.51. The number of nitrogens with zero attached hydrogens (tertiary/aromatic N) is 4. The first kappa shape index (κ1) is 14.7. The Bertz CT molecular complexity index is 658. The van der Waals surface area contributed by atoms with Crippen LogP contribution in [0.1, 0.15) is 19.0 Å². The van der Waals surface area contributed by atoms with E-state index in [0.29, 0.717) is 30.4 Å². The molecule has 0 N–H and O–H groups in total. The van der Waals surface area contributed by atoms with Crippen molar-refractivity contribution < 1.29 is 13.2 Å². The summed E-state index contributed by atoms with van der Waals surface area (Å²) in [4.78, 5) is 13.8. The molecular formula is C15H15F3N4. The molecule has 2 aromatic rings. The van der Waals surface area contributed by atoms with Gasteiger partial charge in [-0.25, -0.2) is 9.97 Å². The van der Waals surface area contributed by atoms with E-state index in [9.17, 15) is 13.2 Å². The van der Waals surface area contributed by atoms with E-state index in [0.717, 1.165) is 12.5 Å². The maximum absolute atomic E-state index is 13.1. The molecule has 1 aliphatic heterocycles. The highest BCUT2D eigenvalue weighted by molar-refractivity contribution is 5.57. The molecule has 0 bridgehead atoms. The summed E-state index contributed by atoms with van der Waals surface area (Å²) < 4.78 is 39.3. The number of pyridine rings is 1. The largest absolute Gasteiger partial charge is 0.433 e. The summed E-state index contributed by atoms with van der Waals surface area (Å²) in [5.74, 6) is 0.828. The molecule has 0 amide bonds. The van der Waals surface area contributed by atoms with Crippen LogP contribution in [-0.4, -0.2) is 28.0 Å². The maximum Gasteiger partial charge on any atom is 0.433 e. The van der Waals surface area contributed by atoms with Crippen LogP contribution < -0.4 is 4.90 Å². The normalized spacial score (nSPS) is 18.7. The first-order chi connectivity index (χ1) is 10.4. The van der Waals surface area contributed by atoms with Gasteiger partial charge in [0.05, 0.1) is 0 Å². The Morgan fingerprint density at radius 3 is 2.68 bits per heavy atom. The van der Waals surface area contributed by atoms with Gasteiger partial charge in [-0.3, -0.25) is 4.98 Å². The van der Waals surface area contributed by atoms with Crippen molar-refractivity contribution in [3.63, 3.8) is 0 Å². The van der Waals surface area contributed by atoms with E-state index in [4.69, 9.17) is 0 Å². The van der Waals surface area contributed by atoms with Crippen molar-refractivity contribution >= 4 is 5.82 Å². The van der Waals surface area contributed by atoms with Crippen molar-refractivity contribution in [1.29, 1.82) is 0 Å². The number of aromatic nitrogens is 3. The quantitative estimate of drug-likeness (QED) is 0.852. The number of hydrogen-bond acceptors (Lipinski definition) is 4. The molecule has 0 radical (unpaired) electrons. The zero-order valence-corrected chi connectivity index (χ0v) is 12.0. The smallest absolute Gasteiger partial charge is 0.356 e. The second-order valence-corrected chi connectivity index (χ2v) is 5.51. The molecule has 1 fully saturated rings. The lowest BCUT2D eigenvalue weighted by Gasteiger charge is -2.19. The standard InChI is InChI=1S/C15H15F3N4/c1-10-4-6-22(9-10)13-7-12(15(16,17)18)20-14(21-13)11-3-2-5-19-8-11/h2-3,5,7-8,10H,4,6,9H2,1H3. The first-order valence-electron chi connectivity index (χ1n) is 7.05. The summed E-state index contributed by atoms with van der Waals surface area (Å²) >= 11 is 0. The third kappa shape index (κ3) is 3.03. The van der Waals surface area contributed by atoms with E-state index < -0.39 is 11.9 Å². The van der Waals surface area contributed by atoms with E-state index in [-0.39, 0.29) is 5.82 Å². The molecule has 1 atom stereocenters. The lowest BCUT2D eigenvalue weighted by molar-refractivity contribution is -0.141. The van der Waals surface area contributed by atoms with Crippen LogP contribution in [0.25, 0.3) is 11.4 Å². The molecule has 1 unspecified atom stereocenters. The number of alkyl halides is 3. The first-order valence-corrected chi connectivity index (χ1v) is 7.05. The fourth-order valence-electron chi connectivity index (χ4n) is 2.51. The van der Waals surface area contributed by atoms with Crippen molar-refractivity contribution in [2.45, 2.75) is 19.5 Å². The minimum absolute atomic E-state index is 0.0532. The van der Waals surface area contributed by atoms with Gasteiger partial charge in [-0.15, -0.1) is 0 Å². The summed E-state index contributed by atoms with van der Waals surface area (Å²) in [5, 5.41) is 0. The minimum Gasteiger partial charge on any atom is -0.356 e. The average Bonchev–Trinajstić information content (AvgIpc) is 2.93. The van der Waals surface area contributed by atoms with E-state index >= 15 is 0 Å². The molecule has 1 saturated heterocycles. The van der Waals surface area contributed by atoms with Gasteiger partial charge in [-0.05, 0) is 24.5 Å². The van der Waals surface area contributed by atoms with Gasteiger partial charge < -0.3 is 4.90 Å². The van der Waals surface area contributed by atoms with Crippen LogP contribution in [0.2, 0.25) is 0 Å². The Hall–Kier alpha value is -2.18. The van der Waals surface area contributed by atoms with Gasteiger partial charge in [-0.1, -0.05) is 6.92 Å². The van der Waals surface area contributed by atoms with Crippen molar-refractivity contribution in [1.82, 2.24) is 15.0 Å². The summed E-state index contributed by atoms with van der Waals surface area (Å²) in [7, 11) is 0. The second-order valence-electron chi connectivity index (χ2n) is 5.51. The Morgan fingerprint density at radius 2 is 2.09 bits per heavy atom. The molecule has 0 aromatic carbocycles. The molecule has 3 rings (SSSR count). The second kappa shape index (κ2) is 5.55. The molecule has 22 heavy (non-hydrogen) atoms. The molecule has 2 aromatic heterocycles. The predicted molar refractivity (Wildman–Crippen MR) is 76.3 cm³/mol. The summed E-state index contributed by atoms with van der Waals surface area (Å²) in [5.41, 5.74) is -0.446.